The Hall–Kier alpha value is -2.33. The molecule has 0 aliphatic heterocycles. The number of pyridine rings is 1. The number of halogens is 2. The van der Waals surface area contributed by atoms with Crippen molar-refractivity contribution in [2.24, 2.45) is 0 Å². The molecule has 0 saturated carbocycles. The molecular formula is C18H15F2NO. The van der Waals surface area contributed by atoms with E-state index < -0.39 is 0 Å². The molecule has 0 fully saturated rings. The summed E-state index contributed by atoms with van der Waals surface area (Å²) in [6, 6.07) is 12.9. The predicted molar refractivity (Wildman–Crippen MR) is 81.3 cm³/mol. The number of fused-ring (bicyclic) bond motifs is 1. The van der Waals surface area contributed by atoms with Gasteiger partial charge in [0.25, 0.3) is 0 Å². The first-order valence-corrected chi connectivity index (χ1v) is 7.04. The van der Waals surface area contributed by atoms with Crippen LogP contribution in [0.5, 0.6) is 0 Å². The van der Waals surface area contributed by atoms with E-state index in [1.807, 2.05) is 19.1 Å². The van der Waals surface area contributed by atoms with Crippen LogP contribution in [0.15, 0.2) is 54.7 Å². The molecule has 1 atom stereocenters. The van der Waals surface area contributed by atoms with E-state index in [-0.39, 0.29) is 17.7 Å². The number of para-hydroxylation sites is 1. The van der Waals surface area contributed by atoms with Gasteiger partial charge in [0.15, 0.2) is 0 Å². The molecule has 0 bridgehead atoms. The Morgan fingerprint density at radius 1 is 1.05 bits per heavy atom. The molecule has 2 nitrogen and oxygen atoms in total. The van der Waals surface area contributed by atoms with Crippen LogP contribution in [0.25, 0.3) is 10.9 Å². The van der Waals surface area contributed by atoms with E-state index in [1.165, 1.54) is 18.2 Å². The minimum atomic E-state index is -0.343. The average Bonchev–Trinajstić information content (AvgIpc) is 2.54. The van der Waals surface area contributed by atoms with E-state index in [2.05, 4.69) is 4.98 Å². The molecule has 0 aliphatic rings. The van der Waals surface area contributed by atoms with Gasteiger partial charge in [-0.3, -0.25) is 4.98 Å². The second kappa shape index (κ2) is 6.20. The summed E-state index contributed by atoms with van der Waals surface area (Å²) < 4.78 is 32.5. The number of hydrogen-bond donors (Lipinski definition) is 0. The van der Waals surface area contributed by atoms with Gasteiger partial charge in [0.05, 0.1) is 12.7 Å². The van der Waals surface area contributed by atoms with Crippen LogP contribution in [0.4, 0.5) is 8.78 Å². The third-order valence-corrected chi connectivity index (χ3v) is 3.61. The van der Waals surface area contributed by atoms with Crippen LogP contribution < -0.4 is 0 Å². The number of rotatable bonds is 4. The van der Waals surface area contributed by atoms with Gasteiger partial charge in [-0.25, -0.2) is 8.78 Å². The monoisotopic (exact) mass is 299 g/mol. The van der Waals surface area contributed by atoms with Crippen LogP contribution in [0.1, 0.15) is 24.2 Å². The average molecular weight is 299 g/mol. The van der Waals surface area contributed by atoms with E-state index in [9.17, 15) is 8.78 Å². The normalized spacial score (nSPS) is 12.5. The molecule has 0 spiro atoms. The first-order valence-electron chi connectivity index (χ1n) is 7.04. The molecule has 1 aromatic heterocycles. The van der Waals surface area contributed by atoms with Crippen molar-refractivity contribution >= 4 is 10.9 Å². The maximum atomic E-state index is 13.8. The predicted octanol–water partition coefficient (Wildman–Crippen LogP) is 4.79. The van der Waals surface area contributed by atoms with Gasteiger partial charge >= 0.3 is 0 Å². The molecule has 0 aliphatic carbocycles. The van der Waals surface area contributed by atoms with Gasteiger partial charge < -0.3 is 4.74 Å². The zero-order chi connectivity index (χ0) is 15.5. The molecule has 0 radical (unpaired) electrons. The lowest BCUT2D eigenvalue weighted by Crippen LogP contribution is -2.02. The summed E-state index contributed by atoms with van der Waals surface area (Å²) >= 11 is 0. The topological polar surface area (TPSA) is 22.1 Å². The molecule has 0 N–H and O–H groups in total. The highest BCUT2D eigenvalue weighted by atomic mass is 19.1. The van der Waals surface area contributed by atoms with Crippen LogP contribution in [-0.4, -0.2) is 4.98 Å². The second-order valence-corrected chi connectivity index (χ2v) is 5.12. The first-order chi connectivity index (χ1) is 10.6. The molecule has 3 rings (SSSR count). The minimum Gasteiger partial charge on any atom is -0.369 e. The highest BCUT2D eigenvalue weighted by Gasteiger charge is 2.12. The zero-order valence-corrected chi connectivity index (χ0v) is 12.1. The Labute approximate surface area is 127 Å². The van der Waals surface area contributed by atoms with Gasteiger partial charge in [-0.1, -0.05) is 24.3 Å². The third-order valence-electron chi connectivity index (χ3n) is 3.61. The summed E-state index contributed by atoms with van der Waals surface area (Å²) in [5.74, 6) is -0.613. The van der Waals surface area contributed by atoms with Crippen molar-refractivity contribution in [3.8, 4) is 0 Å². The number of nitrogens with zero attached hydrogens (tertiary/aromatic N) is 1. The maximum absolute atomic E-state index is 13.8. The van der Waals surface area contributed by atoms with Crippen LogP contribution in [0, 0.1) is 11.6 Å². The summed E-state index contributed by atoms with van der Waals surface area (Å²) in [7, 11) is 0. The Kier molecular flexibility index (Phi) is 4.11. The fraction of sp³-hybridized carbons (Fsp3) is 0.167. The van der Waals surface area contributed by atoms with Gasteiger partial charge in [-0.2, -0.15) is 0 Å². The third kappa shape index (κ3) is 2.97. The maximum Gasteiger partial charge on any atom is 0.149 e. The summed E-state index contributed by atoms with van der Waals surface area (Å²) in [5.41, 5.74) is 2.11. The Morgan fingerprint density at radius 2 is 1.82 bits per heavy atom. The molecule has 22 heavy (non-hydrogen) atoms. The van der Waals surface area contributed by atoms with E-state index in [4.69, 9.17) is 4.74 Å². The van der Waals surface area contributed by atoms with Crippen molar-refractivity contribution in [3.63, 3.8) is 0 Å². The fourth-order valence-electron chi connectivity index (χ4n) is 2.41. The van der Waals surface area contributed by atoms with E-state index in [1.54, 1.807) is 24.4 Å². The molecule has 1 unspecified atom stereocenters. The lowest BCUT2D eigenvalue weighted by Gasteiger charge is -2.15. The molecule has 0 amide bonds. The minimum absolute atomic E-state index is 0.225. The lowest BCUT2D eigenvalue weighted by molar-refractivity contribution is 0.0534. The number of hydrogen-bond acceptors (Lipinski definition) is 2. The van der Waals surface area contributed by atoms with Crippen molar-refractivity contribution in [1.82, 2.24) is 4.98 Å². The van der Waals surface area contributed by atoms with Crippen LogP contribution in [-0.2, 0) is 11.3 Å². The van der Waals surface area contributed by atoms with Crippen LogP contribution in [0.2, 0.25) is 0 Å². The largest absolute Gasteiger partial charge is 0.369 e. The van der Waals surface area contributed by atoms with Crippen molar-refractivity contribution in [2.45, 2.75) is 19.6 Å². The van der Waals surface area contributed by atoms with Gasteiger partial charge in [-0.05, 0) is 42.3 Å². The fourth-order valence-corrected chi connectivity index (χ4v) is 2.41. The molecule has 2 aromatic carbocycles. The van der Waals surface area contributed by atoms with Crippen molar-refractivity contribution in [3.05, 3.63) is 77.5 Å². The van der Waals surface area contributed by atoms with E-state index in [0.717, 1.165) is 16.5 Å². The van der Waals surface area contributed by atoms with Crippen molar-refractivity contribution in [2.75, 3.05) is 0 Å². The Bertz CT molecular complexity index is 787. The standard InChI is InChI=1S/C18H15F2NO/c1-12(22-11-13-5-7-14(19)8-6-13)15-9-10-21-18-16(15)3-2-4-17(18)20/h2-10,12H,11H2,1H3. The van der Waals surface area contributed by atoms with Gasteiger partial charge in [0, 0.05) is 11.6 Å². The van der Waals surface area contributed by atoms with Crippen molar-refractivity contribution < 1.29 is 13.5 Å². The highest BCUT2D eigenvalue weighted by molar-refractivity contribution is 5.82. The Morgan fingerprint density at radius 3 is 2.59 bits per heavy atom. The molecule has 4 heteroatoms. The number of aromatic nitrogens is 1. The molecule has 112 valence electrons. The van der Waals surface area contributed by atoms with E-state index in [0.29, 0.717) is 12.1 Å². The SMILES string of the molecule is CC(OCc1ccc(F)cc1)c1ccnc2c(F)cccc12. The Balaban J connectivity index is 1.82. The molecule has 3 aromatic rings. The highest BCUT2D eigenvalue weighted by Crippen LogP contribution is 2.27. The van der Waals surface area contributed by atoms with Gasteiger partial charge in [-0.15, -0.1) is 0 Å². The smallest absolute Gasteiger partial charge is 0.149 e. The van der Waals surface area contributed by atoms with E-state index >= 15 is 0 Å². The zero-order valence-electron chi connectivity index (χ0n) is 12.1. The van der Waals surface area contributed by atoms with Crippen LogP contribution in [0.3, 0.4) is 0 Å². The van der Waals surface area contributed by atoms with Crippen molar-refractivity contribution in [1.29, 1.82) is 0 Å². The summed E-state index contributed by atoms with van der Waals surface area (Å²) in [6.45, 7) is 2.27. The quantitative estimate of drug-likeness (QED) is 0.691. The summed E-state index contributed by atoms with van der Waals surface area (Å²) in [6.07, 6.45) is 1.36. The van der Waals surface area contributed by atoms with Gasteiger partial charge in [0.1, 0.15) is 17.2 Å². The molecule has 1 heterocycles. The number of benzene rings is 2. The molecular weight excluding hydrogens is 284 g/mol. The van der Waals surface area contributed by atoms with Gasteiger partial charge in [0.2, 0.25) is 0 Å². The van der Waals surface area contributed by atoms with Crippen LogP contribution >= 0.6 is 0 Å². The summed E-state index contributed by atoms with van der Waals surface area (Å²) in [5, 5.41) is 0.745. The molecule has 0 saturated heterocycles. The number of ether oxygens (including phenoxy) is 1. The first kappa shape index (κ1) is 14.6. The summed E-state index contributed by atoms with van der Waals surface area (Å²) in [4.78, 5) is 4.08. The second-order valence-electron chi connectivity index (χ2n) is 5.12. The lowest BCUT2D eigenvalue weighted by atomic mass is 10.0.